The third kappa shape index (κ3) is 20.1. The first-order valence-corrected chi connectivity index (χ1v) is 43.1. The van der Waals surface area contributed by atoms with Gasteiger partial charge >= 0.3 is 30.3 Å². The zero-order valence-corrected chi connectivity index (χ0v) is 74.1. The van der Waals surface area contributed by atoms with E-state index >= 15 is 0 Å². The van der Waals surface area contributed by atoms with Crippen molar-refractivity contribution in [1.82, 2.24) is 81.2 Å². The first-order valence-electron chi connectivity index (χ1n) is 43.1. The number of H-pyrrole nitrogens is 4. The van der Waals surface area contributed by atoms with E-state index in [1.807, 2.05) is 89.0 Å². The summed E-state index contributed by atoms with van der Waals surface area (Å²) in [5.74, 6) is 1.22. The highest BCUT2D eigenvalue weighted by atomic mass is 16.6. The molecule has 0 bridgehead atoms. The molecule has 10 atom stereocenters. The highest BCUT2D eigenvalue weighted by Gasteiger charge is 2.57. The smallest absolute Gasteiger partial charge is 0.407 e. The topological polar surface area (TPSA) is 387 Å². The summed E-state index contributed by atoms with van der Waals surface area (Å²) in [4.78, 5) is 145. The van der Waals surface area contributed by atoms with Gasteiger partial charge < -0.3 is 89.6 Å². The van der Waals surface area contributed by atoms with E-state index in [0.29, 0.717) is 31.9 Å². The van der Waals surface area contributed by atoms with Crippen LogP contribution >= 0.6 is 0 Å². The minimum absolute atomic E-state index is 0.0130. The summed E-state index contributed by atoms with van der Waals surface area (Å²) in [7, 11) is 5.07. The highest BCUT2D eigenvalue weighted by Crippen LogP contribution is 2.60. The van der Waals surface area contributed by atoms with Gasteiger partial charge in [-0.2, -0.15) is 0 Å². The third-order valence-corrected chi connectivity index (χ3v) is 25.5. The van der Waals surface area contributed by atoms with Crippen molar-refractivity contribution in [3.63, 3.8) is 0 Å². The number of likely N-dealkylation sites (tertiary alicyclic amines) is 3. The van der Waals surface area contributed by atoms with Crippen LogP contribution in [0.15, 0.2) is 146 Å². The number of methoxy groups -OCH3 is 4. The maximum atomic E-state index is 13.9. The number of aliphatic carboxylic acids is 1. The number of imidazole rings is 4. The van der Waals surface area contributed by atoms with E-state index in [2.05, 4.69) is 180 Å². The molecule has 10 aromatic rings. The minimum atomic E-state index is -1.07. The Labute approximate surface area is 738 Å². The molecule has 6 aromatic carbocycles. The normalized spacial score (nSPS) is 19.8. The zero-order chi connectivity index (χ0) is 90.7. The Morgan fingerprint density at radius 2 is 0.772 bits per heavy atom. The Balaban J connectivity index is 0.000000183. The van der Waals surface area contributed by atoms with Crippen molar-refractivity contribution in [3.05, 3.63) is 192 Å². The lowest BCUT2D eigenvalue weighted by molar-refractivity contribution is -0.142. The molecule has 6 aliphatic rings. The van der Waals surface area contributed by atoms with Gasteiger partial charge in [0.05, 0.1) is 120 Å². The van der Waals surface area contributed by atoms with Crippen molar-refractivity contribution in [2.75, 3.05) is 54.6 Å². The Bertz CT molecular complexity index is 5830. The molecule has 10 N–H and O–H groups in total. The lowest BCUT2D eigenvalue weighted by Gasteiger charge is -2.34. The molecule has 664 valence electrons. The van der Waals surface area contributed by atoms with Gasteiger partial charge in [0.25, 0.3) is 0 Å². The predicted octanol–water partition coefficient (Wildman–Crippen LogP) is 15.9. The molecule has 8 heterocycles. The number of carboxylic acid groups (broad SMARTS) is 1. The highest BCUT2D eigenvalue weighted by molar-refractivity contribution is 5.94. The van der Waals surface area contributed by atoms with Crippen molar-refractivity contribution in [1.29, 1.82) is 0 Å². The van der Waals surface area contributed by atoms with E-state index in [9.17, 15) is 38.4 Å². The van der Waals surface area contributed by atoms with Crippen LogP contribution in [0, 0.1) is 46.6 Å². The molecule has 2 unspecified atom stereocenters. The van der Waals surface area contributed by atoms with Crippen LogP contribution < -0.4 is 26.6 Å². The van der Waals surface area contributed by atoms with Crippen LogP contribution in [0.5, 0.6) is 0 Å². The molecule has 2 saturated carbocycles. The third-order valence-electron chi connectivity index (χ3n) is 25.5. The van der Waals surface area contributed by atoms with Gasteiger partial charge in [0.2, 0.25) is 29.8 Å². The SMILES string of the molecule is COC(=O)N[C@H](C(=O)O)C(C)(C)C.[C-]#[N+]C1CN[C@H](c2ncc(-c3ccc(-c4ccc5cc(-c6cnc([C@@H]7CC8(CC8)CN7C(=O)[C@@H](NC(=O)OC)C(C)C)[nH]6)ccc5c4)cc3)[nH]2)C1.[C-]#[N+]C1C[C@@H](c2ncc(-c3ccc(-c4ccc5cc(-c6cnc([C@@H]7CC8(CC8)CN7C(=O)[C@@H](NC(=O)OC)C(C)C)[nH]6)ccc5c4)cc3)[nH]2)N(C(=O)[C@@H](NC(=O)OC)C(C)(C)C)C1. The van der Waals surface area contributed by atoms with Crippen molar-refractivity contribution >= 4 is 69.6 Å². The molecule has 6 fully saturated rings. The van der Waals surface area contributed by atoms with Gasteiger partial charge in [-0.15, -0.1) is 0 Å². The number of nitrogens with zero attached hydrogens (tertiary/aromatic N) is 9. The molecule has 4 aliphatic heterocycles. The Hall–Kier alpha value is -13.4. The number of hydrogen-bond donors (Lipinski definition) is 10. The van der Waals surface area contributed by atoms with E-state index in [1.165, 1.54) is 28.4 Å². The molecule has 127 heavy (non-hydrogen) atoms. The number of carboxylic acids is 1. The lowest BCUT2D eigenvalue weighted by Crippen LogP contribution is -2.54. The molecule has 31 heteroatoms. The Morgan fingerprint density at radius 3 is 1.13 bits per heavy atom. The zero-order valence-electron chi connectivity index (χ0n) is 74.1. The van der Waals surface area contributed by atoms with Gasteiger partial charge in [-0.3, -0.25) is 19.7 Å². The molecule has 2 spiro atoms. The molecule has 7 amide bonds. The van der Waals surface area contributed by atoms with Gasteiger partial charge in [-0.25, -0.2) is 57.1 Å². The summed E-state index contributed by atoms with van der Waals surface area (Å²) in [5, 5.41) is 27.0. The number of hydrogen-bond acceptors (Lipinski definition) is 17. The Kier molecular flexibility index (Phi) is 26.2. The molecular formula is C96H112N18O13. The van der Waals surface area contributed by atoms with E-state index in [-0.39, 0.29) is 77.1 Å². The fourth-order valence-corrected chi connectivity index (χ4v) is 17.6. The first kappa shape index (κ1) is 89.8. The van der Waals surface area contributed by atoms with Crippen LogP contribution in [-0.2, 0) is 38.1 Å². The molecule has 0 radical (unpaired) electrons. The van der Waals surface area contributed by atoms with Crippen LogP contribution in [0.25, 0.3) is 98.5 Å². The molecule has 2 aliphatic carbocycles. The number of amides is 7. The number of ether oxygens (including phenoxy) is 4. The number of carbonyl (C=O) groups is 8. The van der Waals surface area contributed by atoms with E-state index in [0.717, 1.165) is 151 Å². The van der Waals surface area contributed by atoms with Gasteiger partial charge in [-0.1, -0.05) is 166 Å². The van der Waals surface area contributed by atoms with Gasteiger partial charge in [0, 0.05) is 30.6 Å². The average Bonchev–Trinajstić information content (AvgIpc) is 1.58. The second kappa shape index (κ2) is 37.0. The second-order valence-electron chi connectivity index (χ2n) is 37.2. The fraction of sp³-hybridized carbons (Fsp3) is 0.438. The maximum Gasteiger partial charge on any atom is 0.407 e. The molecule has 4 aromatic heterocycles. The summed E-state index contributed by atoms with van der Waals surface area (Å²) >= 11 is 0. The standard InChI is InChI=1S/C48H55N9O6.C40H42N8O3.C8H15NO4/c1-27(2)39(54-45(60)62-7)43(58)57-26-48(17-18-48)22-38(57)42-51-24-36(53-42)33-16-15-31-19-30(13-14-32(31)20-33)28-9-11-29(12-10-28)35-23-50-41(52-35)37-21-34(49-6)25-56(37)44(59)40(47(3,4)5)55-46(61)63-8;1-23(2)35(47-39(50)51-4)38(49)48-22-40(13-14-40)18-34(48)37-44-21-33(46-37)29-12-11-27-15-26(9-10-28(27)16-29)24-5-7-25(8-6-24)32-20-43-36(45-32)31-17-30(41-3)19-42-31;1-8(2,3)5(6(10)11)9-7(12)13-4/h9-16,19-20,23-24,27,34,37-40H,17-18,21-22,25-26H2,1-5,7-8H3,(H,50,52)(H,51,53)(H,54,60)(H,55,61);5-12,15-16,20-21,23,30-31,34-35,42H,13-14,17-19,22H2,1-2,4H3,(H,43,45)(H,44,46)(H,47,50);5H,1-4H3,(H,9,12)(H,10,11)/t34?,37-,38-,39-,40+;30?,31-,34-,35-;5-/m001/s1. The number of benzene rings is 6. The van der Waals surface area contributed by atoms with Crippen LogP contribution in [0.1, 0.15) is 168 Å². The number of nitrogens with one attached hydrogen (secondary N) is 9. The van der Waals surface area contributed by atoms with Crippen LogP contribution in [0.2, 0.25) is 0 Å². The quantitative estimate of drug-likeness (QED) is 0.0250. The minimum Gasteiger partial charge on any atom is -0.480 e. The lowest BCUT2D eigenvalue weighted by atomic mass is 9.85. The summed E-state index contributed by atoms with van der Waals surface area (Å²) < 4.78 is 18.7. The second-order valence-corrected chi connectivity index (χ2v) is 37.2. The molecule has 31 nitrogen and oxygen atoms in total. The van der Waals surface area contributed by atoms with Gasteiger partial charge in [0.1, 0.15) is 47.5 Å². The van der Waals surface area contributed by atoms with Crippen molar-refractivity contribution < 1.29 is 62.4 Å². The van der Waals surface area contributed by atoms with Gasteiger partial charge in [0.15, 0.2) is 0 Å². The largest absolute Gasteiger partial charge is 0.480 e. The average molecular weight is 1730 g/mol. The van der Waals surface area contributed by atoms with E-state index < -0.39 is 71.4 Å². The van der Waals surface area contributed by atoms with Crippen molar-refractivity contribution in [2.24, 2.45) is 33.5 Å². The molecule has 4 saturated heterocycles. The first-order chi connectivity index (χ1) is 60.6. The number of carbonyl (C=O) groups excluding carboxylic acids is 7. The Morgan fingerprint density at radius 1 is 0.433 bits per heavy atom. The summed E-state index contributed by atoms with van der Waals surface area (Å²) in [6, 6.07) is 38.1. The summed E-state index contributed by atoms with van der Waals surface area (Å²) in [6.07, 6.45) is 11.9. The molecule has 16 rings (SSSR count). The number of rotatable bonds is 20. The van der Waals surface area contributed by atoms with E-state index in [4.69, 9.17) is 42.4 Å². The van der Waals surface area contributed by atoms with Crippen LogP contribution in [-0.4, -0.2) is 199 Å². The van der Waals surface area contributed by atoms with Crippen molar-refractivity contribution in [3.8, 4) is 67.3 Å². The maximum absolute atomic E-state index is 13.9. The van der Waals surface area contributed by atoms with Crippen molar-refractivity contribution in [2.45, 2.75) is 181 Å². The number of aromatic nitrogens is 8. The monoisotopic (exact) mass is 1720 g/mol. The van der Waals surface area contributed by atoms with Crippen LogP contribution in [0.3, 0.4) is 0 Å². The van der Waals surface area contributed by atoms with E-state index in [1.54, 1.807) is 31.9 Å². The predicted molar refractivity (Wildman–Crippen MR) is 479 cm³/mol. The molecular weight excluding hydrogens is 1610 g/mol. The summed E-state index contributed by atoms with van der Waals surface area (Å²) in [5.41, 5.74) is 11.0. The van der Waals surface area contributed by atoms with Crippen LogP contribution in [0.4, 0.5) is 19.2 Å². The number of fused-ring (bicyclic) bond motifs is 2. The number of aromatic amines is 4. The number of alkyl carbamates (subject to hydrolysis) is 4. The van der Waals surface area contributed by atoms with Gasteiger partial charge in [-0.05, 0) is 151 Å². The summed E-state index contributed by atoms with van der Waals surface area (Å²) in [6.45, 7) is 35.8. The fourth-order valence-electron chi connectivity index (χ4n) is 17.6.